The molecule has 0 saturated heterocycles. The Morgan fingerprint density at radius 1 is 1.37 bits per heavy atom. The summed E-state index contributed by atoms with van der Waals surface area (Å²) < 4.78 is 5.66. The number of aromatic nitrogens is 1. The third-order valence-corrected chi connectivity index (χ3v) is 3.13. The van der Waals surface area contributed by atoms with Crippen LogP contribution in [0.25, 0.3) is 0 Å². The molecule has 3 N–H and O–H groups in total. The zero-order valence-corrected chi connectivity index (χ0v) is 12.0. The van der Waals surface area contributed by atoms with Crippen LogP contribution in [-0.4, -0.2) is 17.6 Å². The molecular weight excluding hydrogens is 258 g/mol. The van der Waals surface area contributed by atoms with Gasteiger partial charge in [-0.25, -0.2) is 4.98 Å². The van der Waals surface area contributed by atoms with E-state index in [0.29, 0.717) is 5.69 Å². The van der Waals surface area contributed by atoms with Crippen LogP contribution in [0.4, 0.5) is 11.4 Å². The Morgan fingerprint density at radius 2 is 2.21 bits per heavy atom. The number of nitrogen functional groups attached to an aromatic ring is 1. The number of nitrogens with zero attached hydrogens (tertiary/aromatic N) is 1. The van der Waals surface area contributed by atoms with Crippen LogP contribution in [0.3, 0.4) is 0 Å². The molecule has 1 heterocycles. The lowest BCUT2D eigenvalue weighted by molar-refractivity contribution is 0.242. The second-order valence-corrected chi connectivity index (χ2v) is 5.33. The van der Waals surface area contributed by atoms with Gasteiger partial charge >= 0.3 is 0 Å². The average Bonchev–Trinajstić information content (AvgIpc) is 2.80. The van der Waals surface area contributed by atoms with Gasteiger partial charge in [0.1, 0.15) is 5.75 Å². The van der Waals surface area contributed by atoms with E-state index in [1.54, 1.807) is 11.3 Å². The summed E-state index contributed by atoms with van der Waals surface area (Å²) in [4.78, 5) is 4.25. The number of rotatable bonds is 6. The highest BCUT2D eigenvalue weighted by Crippen LogP contribution is 2.23. The minimum absolute atomic E-state index is 0.143. The lowest BCUT2D eigenvalue weighted by Crippen LogP contribution is -2.08. The Kier molecular flexibility index (Phi) is 4.63. The first-order chi connectivity index (χ1) is 9.13. The Morgan fingerprint density at radius 3 is 2.89 bits per heavy atom. The number of nitrogens with one attached hydrogen (secondary N) is 1. The molecule has 0 fully saturated rings. The van der Waals surface area contributed by atoms with E-state index in [2.05, 4.69) is 15.7 Å². The van der Waals surface area contributed by atoms with E-state index in [0.717, 1.165) is 30.1 Å². The van der Waals surface area contributed by atoms with Gasteiger partial charge in [0, 0.05) is 41.9 Å². The predicted octanol–water partition coefficient (Wildman–Crippen LogP) is 3.17. The first kappa shape index (κ1) is 13.7. The summed E-state index contributed by atoms with van der Waals surface area (Å²) in [6, 6.07) is 5.72. The fourth-order valence-corrected chi connectivity index (χ4v) is 2.35. The van der Waals surface area contributed by atoms with Crippen LogP contribution in [0.5, 0.6) is 5.75 Å². The molecule has 0 amide bonds. The highest BCUT2D eigenvalue weighted by Gasteiger charge is 2.02. The lowest BCUT2D eigenvalue weighted by Gasteiger charge is -2.13. The van der Waals surface area contributed by atoms with E-state index in [1.165, 1.54) is 0 Å². The number of nitrogens with two attached hydrogens (primary N) is 1. The smallest absolute Gasteiger partial charge is 0.123 e. The first-order valence-electron chi connectivity index (χ1n) is 6.31. The van der Waals surface area contributed by atoms with Crippen molar-refractivity contribution in [1.29, 1.82) is 0 Å². The molecule has 1 aromatic carbocycles. The summed E-state index contributed by atoms with van der Waals surface area (Å²) in [6.45, 7) is 4.82. The third kappa shape index (κ3) is 4.44. The second-order valence-electron chi connectivity index (χ2n) is 4.61. The van der Waals surface area contributed by atoms with Gasteiger partial charge in [-0.1, -0.05) is 0 Å². The summed E-state index contributed by atoms with van der Waals surface area (Å²) in [5.74, 6) is 0.797. The minimum atomic E-state index is 0.143. The first-order valence-corrected chi connectivity index (χ1v) is 7.26. The maximum Gasteiger partial charge on any atom is 0.123 e. The molecule has 4 nitrogen and oxygen atoms in total. The van der Waals surface area contributed by atoms with Crippen molar-refractivity contribution in [2.75, 3.05) is 17.6 Å². The molecule has 5 heteroatoms. The summed E-state index contributed by atoms with van der Waals surface area (Å²) in [7, 11) is 0. The maximum atomic E-state index is 5.87. The molecule has 0 aliphatic carbocycles. The van der Waals surface area contributed by atoms with Crippen molar-refractivity contribution in [3.05, 3.63) is 34.8 Å². The van der Waals surface area contributed by atoms with Gasteiger partial charge in [-0.2, -0.15) is 0 Å². The Bertz CT molecular complexity index is 511. The van der Waals surface area contributed by atoms with Crippen molar-refractivity contribution in [2.24, 2.45) is 0 Å². The van der Waals surface area contributed by atoms with Gasteiger partial charge in [0.15, 0.2) is 0 Å². The van der Waals surface area contributed by atoms with Gasteiger partial charge in [0.05, 0.1) is 17.3 Å². The molecule has 2 aromatic rings. The molecule has 19 heavy (non-hydrogen) atoms. The standard InChI is InChI=1S/C14H19N3OS/c1-10(2)18-14-6-11(15)5-13(7-14)16-4-3-12-8-19-9-17-12/h5-10,16H,3-4,15H2,1-2H3. The number of hydrogen-bond donors (Lipinski definition) is 2. The highest BCUT2D eigenvalue weighted by molar-refractivity contribution is 7.07. The van der Waals surface area contributed by atoms with Crippen LogP contribution in [-0.2, 0) is 6.42 Å². The summed E-state index contributed by atoms with van der Waals surface area (Å²) in [5.41, 5.74) is 10.5. The molecule has 0 atom stereocenters. The maximum absolute atomic E-state index is 5.87. The molecule has 2 rings (SSSR count). The fraction of sp³-hybridized carbons (Fsp3) is 0.357. The zero-order chi connectivity index (χ0) is 13.7. The fourth-order valence-electron chi connectivity index (χ4n) is 1.76. The molecule has 0 radical (unpaired) electrons. The Hall–Kier alpha value is -1.75. The Balaban J connectivity index is 1.93. The van der Waals surface area contributed by atoms with Crippen LogP contribution in [0.2, 0.25) is 0 Å². The zero-order valence-electron chi connectivity index (χ0n) is 11.2. The minimum Gasteiger partial charge on any atom is -0.491 e. The third-order valence-electron chi connectivity index (χ3n) is 2.49. The topological polar surface area (TPSA) is 60.2 Å². The van der Waals surface area contributed by atoms with Crippen molar-refractivity contribution in [2.45, 2.75) is 26.4 Å². The van der Waals surface area contributed by atoms with Crippen molar-refractivity contribution >= 4 is 22.7 Å². The van der Waals surface area contributed by atoms with Gasteiger partial charge in [-0.05, 0) is 19.9 Å². The number of ether oxygens (including phenoxy) is 1. The van der Waals surface area contributed by atoms with E-state index in [4.69, 9.17) is 10.5 Å². The van der Waals surface area contributed by atoms with Gasteiger partial charge < -0.3 is 15.8 Å². The monoisotopic (exact) mass is 277 g/mol. The number of benzene rings is 1. The molecule has 0 unspecified atom stereocenters. The van der Waals surface area contributed by atoms with Crippen molar-refractivity contribution < 1.29 is 4.74 Å². The van der Waals surface area contributed by atoms with E-state index >= 15 is 0 Å². The molecular formula is C14H19N3OS. The van der Waals surface area contributed by atoms with Crippen LogP contribution in [0.1, 0.15) is 19.5 Å². The summed E-state index contributed by atoms with van der Waals surface area (Å²) in [6.07, 6.45) is 1.04. The van der Waals surface area contributed by atoms with Crippen molar-refractivity contribution in [3.8, 4) is 5.75 Å². The van der Waals surface area contributed by atoms with Crippen LogP contribution < -0.4 is 15.8 Å². The van der Waals surface area contributed by atoms with Crippen LogP contribution in [0, 0.1) is 0 Å². The summed E-state index contributed by atoms with van der Waals surface area (Å²) >= 11 is 1.62. The van der Waals surface area contributed by atoms with Crippen molar-refractivity contribution in [1.82, 2.24) is 4.98 Å². The van der Waals surface area contributed by atoms with Crippen LogP contribution in [0.15, 0.2) is 29.1 Å². The molecule has 0 aliphatic rings. The van der Waals surface area contributed by atoms with E-state index in [-0.39, 0.29) is 6.10 Å². The Labute approximate surface area is 117 Å². The van der Waals surface area contributed by atoms with E-state index in [9.17, 15) is 0 Å². The number of thiazole rings is 1. The SMILES string of the molecule is CC(C)Oc1cc(N)cc(NCCc2cscn2)c1. The van der Waals surface area contributed by atoms with Gasteiger partial charge in [-0.3, -0.25) is 0 Å². The molecule has 0 bridgehead atoms. The van der Waals surface area contributed by atoms with Crippen LogP contribution >= 0.6 is 11.3 Å². The van der Waals surface area contributed by atoms with Gasteiger partial charge in [0.25, 0.3) is 0 Å². The largest absolute Gasteiger partial charge is 0.491 e. The molecule has 0 saturated carbocycles. The number of anilines is 2. The molecule has 0 aliphatic heterocycles. The second kappa shape index (κ2) is 6.43. The summed E-state index contributed by atoms with van der Waals surface area (Å²) in [5, 5.41) is 5.41. The highest BCUT2D eigenvalue weighted by atomic mass is 32.1. The van der Waals surface area contributed by atoms with E-state index in [1.807, 2.05) is 37.6 Å². The molecule has 1 aromatic heterocycles. The quantitative estimate of drug-likeness (QED) is 0.796. The van der Waals surface area contributed by atoms with Gasteiger partial charge in [-0.15, -0.1) is 11.3 Å². The van der Waals surface area contributed by atoms with Crippen molar-refractivity contribution in [3.63, 3.8) is 0 Å². The molecule has 102 valence electrons. The van der Waals surface area contributed by atoms with Gasteiger partial charge in [0.2, 0.25) is 0 Å². The molecule has 0 spiro atoms. The van der Waals surface area contributed by atoms with E-state index < -0.39 is 0 Å². The predicted molar refractivity (Wildman–Crippen MR) is 80.9 cm³/mol. The lowest BCUT2D eigenvalue weighted by atomic mass is 10.2. The number of hydrogen-bond acceptors (Lipinski definition) is 5. The normalized spacial score (nSPS) is 10.7. The average molecular weight is 277 g/mol.